The number of carbonyl (C=O) groups excluding carboxylic acids is 1. The Kier molecular flexibility index (Phi) is 6.20. The van der Waals surface area contributed by atoms with Gasteiger partial charge in [-0.25, -0.2) is 4.39 Å². The van der Waals surface area contributed by atoms with Gasteiger partial charge in [0.15, 0.2) is 0 Å². The highest BCUT2D eigenvalue weighted by Gasteiger charge is 2.23. The van der Waals surface area contributed by atoms with E-state index in [1.165, 1.54) is 24.3 Å². The molecule has 0 amide bonds. The number of halogens is 1. The number of H-pyrrole nitrogens is 1. The molecule has 0 saturated heterocycles. The number of hydrogen-bond donors (Lipinski definition) is 6. The largest absolute Gasteiger partial charge is 0.507 e. The fourth-order valence-electron chi connectivity index (χ4n) is 3.84. The van der Waals surface area contributed by atoms with Gasteiger partial charge in [0.25, 0.3) is 0 Å². The number of fused-ring (bicyclic) bond motifs is 1. The van der Waals surface area contributed by atoms with Gasteiger partial charge in [0, 0.05) is 27.6 Å². The number of aromatic hydroxyl groups is 2. The van der Waals surface area contributed by atoms with Gasteiger partial charge in [-0.1, -0.05) is 12.1 Å². The van der Waals surface area contributed by atoms with Gasteiger partial charge in [0.1, 0.15) is 23.2 Å². The highest BCUT2D eigenvalue weighted by molar-refractivity contribution is 6.00. The molecule has 0 spiro atoms. The maximum Gasteiger partial charge on any atom is 0.310 e. The van der Waals surface area contributed by atoms with E-state index < -0.39 is 11.8 Å². The number of phenolic OH excluding ortho intramolecular Hbond substituents is 2. The van der Waals surface area contributed by atoms with Crippen molar-refractivity contribution >= 4 is 22.7 Å². The normalized spacial score (nSPS) is 10.9. The minimum absolute atomic E-state index is 0.0121. The summed E-state index contributed by atoms with van der Waals surface area (Å²) >= 11 is 0. The number of aromatic nitrogens is 1. The highest BCUT2D eigenvalue weighted by Crippen LogP contribution is 2.46. The molecule has 4 aromatic rings. The third-order valence-corrected chi connectivity index (χ3v) is 5.42. The Labute approximate surface area is 193 Å². The van der Waals surface area contributed by atoms with Crippen LogP contribution in [-0.2, 0) is 16.0 Å². The van der Waals surface area contributed by atoms with Crippen LogP contribution in [-0.4, -0.2) is 38.8 Å². The maximum atomic E-state index is 13.9. The van der Waals surface area contributed by atoms with E-state index in [-0.39, 0.29) is 52.6 Å². The smallest absolute Gasteiger partial charge is 0.310 e. The number of hydrogen-bond acceptors (Lipinski definition) is 6. The van der Waals surface area contributed by atoms with Gasteiger partial charge in [0.2, 0.25) is 0 Å². The minimum atomic E-state index is -0.559. The van der Waals surface area contributed by atoms with Crippen molar-refractivity contribution in [2.45, 2.75) is 13.3 Å². The number of benzene rings is 3. The number of esters is 1. The molecule has 0 saturated carbocycles. The fraction of sp³-hybridized carbons (Fsp3) is 0.120. The molecule has 34 heavy (non-hydrogen) atoms. The lowest BCUT2D eigenvalue weighted by Gasteiger charge is -2.16. The van der Waals surface area contributed by atoms with Gasteiger partial charge >= 0.3 is 5.97 Å². The van der Waals surface area contributed by atoms with Gasteiger partial charge in [-0.05, 0) is 55.0 Å². The number of rotatable bonds is 6. The zero-order valence-electron chi connectivity index (χ0n) is 18.1. The first-order chi connectivity index (χ1) is 16.3. The van der Waals surface area contributed by atoms with Crippen molar-refractivity contribution in [2.75, 3.05) is 6.61 Å². The molecule has 1 aromatic heterocycles. The van der Waals surface area contributed by atoms with Crippen molar-refractivity contribution < 1.29 is 29.3 Å². The highest BCUT2D eigenvalue weighted by atomic mass is 19.1. The van der Waals surface area contributed by atoms with E-state index in [0.29, 0.717) is 22.2 Å². The van der Waals surface area contributed by atoms with Crippen LogP contribution in [0, 0.1) is 11.2 Å². The standard InChI is InChI=1S/C25H22FN3O5/c1-2-34-21(30)12-16-10-18(24(32)22(23(16)31)13-4-3-5-17(26)9-13)20-11-15-8-14(25(27)29-33)6-7-19(15)28-20/h3-11,28,31-33H,2,12H2,1H3,(H2,27,29). The lowest BCUT2D eigenvalue weighted by Crippen LogP contribution is -2.18. The molecule has 9 heteroatoms. The summed E-state index contributed by atoms with van der Waals surface area (Å²) < 4.78 is 18.9. The van der Waals surface area contributed by atoms with Crippen molar-refractivity contribution in [3.63, 3.8) is 0 Å². The van der Waals surface area contributed by atoms with Crippen molar-refractivity contribution in [2.24, 2.45) is 0 Å². The first kappa shape index (κ1) is 22.8. The lowest BCUT2D eigenvalue weighted by atomic mass is 9.94. The Bertz CT molecular complexity index is 1410. The molecular formula is C25H22FN3O5. The molecule has 174 valence electrons. The summed E-state index contributed by atoms with van der Waals surface area (Å²) in [6.07, 6.45) is -0.251. The number of amidine groups is 1. The first-order valence-electron chi connectivity index (χ1n) is 10.4. The lowest BCUT2D eigenvalue weighted by molar-refractivity contribution is -0.142. The number of phenols is 2. The average Bonchev–Trinajstić information content (AvgIpc) is 3.23. The van der Waals surface area contributed by atoms with Crippen molar-refractivity contribution in [1.82, 2.24) is 10.5 Å². The molecule has 0 bridgehead atoms. The van der Waals surface area contributed by atoms with Crippen molar-refractivity contribution in [1.29, 1.82) is 5.41 Å². The molecule has 0 fully saturated rings. The molecule has 3 aromatic carbocycles. The van der Waals surface area contributed by atoms with E-state index in [2.05, 4.69) is 4.98 Å². The van der Waals surface area contributed by atoms with Crippen LogP contribution in [0.3, 0.4) is 0 Å². The van der Waals surface area contributed by atoms with Gasteiger partial charge in [0.05, 0.1) is 24.3 Å². The molecule has 0 aliphatic heterocycles. The van der Waals surface area contributed by atoms with Crippen LogP contribution in [0.5, 0.6) is 11.5 Å². The fourth-order valence-corrected chi connectivity index (χ4v) is 3.84. The monoisotopic (exact) mass is 463 g/mol. The Hall–Kier alpha value is -4.37. The molecule has 1 heterocycles. The zero-order valence-corrected chi connectivity index (χ0v) is 18.1. The number of carbonyl (C=O) groups is 1. The molecule has 0 aliphatic rings. The maximum absolute atomic E-state index is 13.9. The van der Waals surface area contributed by atoms with Gasteiger partial charge in [-0.2, -0.15) is 0 Å². The average molecular weight is 463 g/mol. The third kappa shape index (κ3) is 4.28. The molecule has 4 rings (SSSR count). The second-order valence-electron chi connectivity index (χ2n) is 7.62. The molecule has 0 aliphatic carbocycles. The summed E-state index contributed by atoms with van der Waals surface area (Å²) in [5.74, 6) is -1.93. The van der Waals surface area contributed by atoms with Crippen LogP contribution in [0.25, 0.3) is 33.3 Å². The van der Waals surface area contributed by atoms with Crippen LogP contribution in [0.1, 0.15) is 18.1 Å². The topological polar surface area (TPSA) is 139 Å². The van der Waals surface area contributed by atoms with Gasteiger partial charge in [-0.3, -0.25) is 20.9 Å². The third-order valence-electron chi connectivity index (χ3n) is 5.42. The number of hydroxylamine groups is 1. The van der Waals surface area contributed by atoms with Crippen LogP contribution in [0.15, 0.2) is 54.6 Å². The van der Waals surface area contributed by atoms with Gasteiger partial charge in [-0.15, -0.1) is 0 Å². The van der Waals surface area contributed by atoms with Crippen molar-refractivity contribution in [3.8, 4) is 33.9 Å². The second-order valence-corrected chi connectivity index (χ2v) is 7.62. The molecule has 8 nitrogen and oxygen atoms in total. The summed E-state index contributed by atoms with van der Waals surface area (Å²) in [6, 6.07) is 13.6. The van der Waals surface area contributed by atoms with E-state index in [1.54, 1.807) is 42.7 Å². The zero-order chi connectivity index (χ0) is 24.4. The Morgan fingerprint density at radius 2 is 1.91 bits per heavy atom. The summed E-state index contributed by atoms with van der Waals surface area (Å²) in [4.78, 5) is 15.3. The molecule has 0 unspecified atom stereocenters. The quantitative estimate of drug-likeness (QED) is 0.108. The first-order valence-corrected chi connectivity index (χ1v) is 10.4. The summed E-state index contributed by atoms with van der Waals surface area (Å²) in [7, 11) is 0. The predicted molar refractivity (Wildman–Crippen MR) is 125 cm³/mol. The van der Waals surface area contributed by atoms with E-state index >= 15 is 0 Å². The number of ether oxygens (including phenoxy) is 1. The SMILES string of the molecule is CCOC(=O)Cc1cc(-c2cc3cc(C(=N)NO)ccc3[nH]2)c(O)c(-c2cccc(F)c2)c1O. The predicted octanol–water partition coefficient (Wildman–Crippen LogP) is 4.46. The molecule has 6 N–H and O–H groups in total. The number of aromatic amines is 1. The molecular weight excluding hydrogens is 441 g/mol. The van der Waals surface area contributed by atoms with Crippen LogP contribution >= 0.6 is 0 Å². The Morgan fingerprint density at radius 1 is 1.12 bits per heavy atom. The van der Waals surface area contributed by atoms with Crippen molar-refractivity contribution in [3.05, 3.63) is 71.5 Å². The van der Waals surface area contributed by atoms with E-state index in [9.17, 15) is 19.4 Å². The number of nitrogens with one attached hydrogen (secondary N) is 3. The van der Waals surface area contributed by atoms with Gasteiger partial charge < -0.3 is 19.9 Å². The molecule has 0 radical (unpaired) electrons. The second kappa shape index (κ2) is 9.24. The Morgan fingerprint density at radius 3 is 2.62 bits per heavy atom. The Balaban J connectivity index is 1.91. The summed E-state index contributed by atoms with van der Waals surface area (Å²) in [5.41, 5.74) is 4.11. The van der Waals surface area contributed by atoms with E-state index in [1.807, 2.05) is 0 Å². The van der Waals surface area contributed by atoms with E-state index in [4.69, 9.17) is 15.4 Å². The van der Waals surface area contributed by atoms with Crippen LogP contribution < -0.4 is 5.48 Å². The summed E-state index contributed by atoms with van der Waals surface area (Å²) in [5, 5.41) is 39.5. The molecule has 0 atom stereocenters. The van der Waals surface area contributed by atoms with E-state index in [0.717, 1.165) is 0 Å². The minimum Gasteiger partial charge on any atom is -0.507 e. The summed E-state index contributed by atoms with van der Waals surface area (Å²) in [6.45, 7) is 1.84. The van der Waals surface area contributed by atoms with Crippen LogP contribution in [0.2, 0.25) is 0 Å². The van der Waals surface area contributed by atoms with Crippen LogP contribution in [0.4, 0.5) is 4.39 Å².